The van der Waals surface area contributed by atoms with E-state index in [1.807, 2.05) is 0 Å². The Hall–Kier alpha value is -1.19. The molecule has 1 aromatic heterocycles. The van der Waals surface area contributed by atoms with Crippen LogP contribution in [0.1, 0.15) is 45.4 Å². The third kappa shape index (κ3) is 3.38. The molecule has 94 valence electrons. The molecule has 1 heterocycles. The number of hydrogen-bond acceptors (Lipinski definition) is 3. The molecular formula is C13H20FN3. The fourth-order valence-electron chi connectivity index (χ4n) is 2.69. The minimum atomic E-state index is -0.471. The number of nitrogens with zero attached hydrogens (tertiary/aromatic N) is 2. The lowest BCUT2D eigenvalue weighted by molar-refractivity contribution is 0.312. The molecule has 1 unspecified atom stereocenters. The third-order valence-corrected chi connectivity index (χ3v) is 3.63. The number of aromatic nitrogens is 2. The van der Waals surface area contributed by atoms with Crippen LogP contribution in [0.2, 0.25) is 0 Å². The summed E-state index contributed by atoms with van der Waals surface area (Å²) in [7, 11) is 0. The number of nitrogens with one attached hydrogen (secondary N) is 1. The molecule has 3 nitrogen and oxygen atoms in total. The maximum atomic E-state index is 13.0. The van der Waals surface area contributed by atoms with Gasteiger partial charge in [0.05, 0.1) is 0 Å². The number of halogens is 1. The molecule has 0 amide bonds. The second-order valence-corrected chi connectivity index (χ2v) is 4.78. The summed E-state index contributed by atoms with van der Waals surface area (Å²) in [6.07, 6.45) is 8.87. The van der Waals surface area contributed by atoms with E-state index in [2.05, 4.69) is 22.2 Å². The van der Waals surface area contributed by atoms with Crippen LogP contribution in [0.3, 0.4) is 0 Å². The fourth-order valence-corrected chi connectivity index (χ4v) is 2.69. The maximum Gasteiger partial charge on any atom is 0.217 e. The van der Waals surface area contributed by atoms with Gasteiger partial charge in [0.1, 0.15) is 12.1 Å². The predicted molar refractivity (Wildman–Crippen MR) is 66.3 cm³/mol. The van der Waals surface area contributed by atoms with E-state index >= 15 is 0 Å². The van der Waals surface area contributed by atoms with Gasteiger partial charge < -0.3 is 5.32 Å². The molecule has 1 saturated carbocycles. The number of rotatable bonds is 4. The third-order valence-electron chi connectivity index (χ3n) is 3.63. The lowest BCUT2D eigenvalue weighted by Crippen LogP contribution is -2.30. The van der Waals surface area contributed by atoms with Crippen LogP contribution >= 0.6 is 0 Å². The SMILES string of the molecule is CCC(Nc1cc(F)ncn1)C1CCCCC1. The topological polar surface area (TPSA) is 37.8 Å². The van der Waals surface area contributed by atoms with E-state index in [1.165, 1.54) is 44.5 Å². The Morgan fingerprint density at radius 3 is 2.76 bits per heavy atom. The van der Waals surface area contributed by atoms with Crippen molar-refractivity contribution in [2.24, 2.45) is 5.92 Å². The van der Waals surface area contributed by atoms with Crippen LogP contribution in [0.5, 0.6) is 0 Å². The van der Waals surface area contributed by atoms with Gasteiger partial charge in [-0.25, -0.2) is 9.97 Å². The predicted octanol–water partition coefficient (Wildman–Crippen LogP) is 3.39. The van der Waals surface area contributed by atoms with E-state index in [9.17, 15) is 4.39 Å². The minimum Gasteiger partial charge on any atom is -0.367 e. The fraction of sp³-hybridized carbons (Fsp3) is 0.692. The zero-order valence-corrected chi connectivity index (χ0v) is 10.3. The first-order valence-electron chi connectivity index (χ1n) is 6.53. The number of anilines is 1. The lowest BCUT2D eigenvalue weighted by Gasteiger charge is -2.30. The van der Waals surface area contributed by atoms with Gasteiger partial charge in [-0.15, -0.1) is 0 Å². The molecule has 2 rings (SSSR count). The first-order valence-corrected chi connectivity index (χ1v) is 6.53. The van der Waals surface area contributed by atoms with Gasteiger partial charge in [0.15, 0.2) is 0 Å². The van der Waals surface area contributed by atoms with Crippen molar-refractivity contribution in [3.8, 4) is 0 Å². The highest BCUT2D eigenvalue weighted by Crippen LogP contribution is 2.29. The largest absolute Gasteiger partial charge is 0.367 e. The van der Waals surface area contributed by atoms with E-state index in [1.54, 1.807) is 0 Å². The zero-order chi connectivity index (χ0) is 12.1. The van der Waals surface area contributed by atoms with E-state index in [0.29, 0.717) is 17.8 Å². The summed E-state index contributed by atoms with van der Waals surface area (Å²) in [6, 6.07) is 1.77. The Morgan fingerprint density at radius 1 is 1.35 bits per heavy atom. The maximum absolute atomic E-state index is 13.0. The monoisotopic (exact) mass is 237 g/mol. The van der Waals surface area contributed by atoms with Crippen LogP contribution in [0.4, 0.5) is 10.2 Å². The standard InChI is InChI=1S/C13H20FN3/c1-2-11(10-6-4-3-5-7-10)17-13-8-12(14)15-9-16-13/h8-11H,2-7H2,1H3,(H,15,16,17). The van der Waals surface area contributed by atoms with Crippen molar-refractivity contribution in [1.82, 2.24) is 9.97 Å². The van der Waals surface area contributed by atoms with Gasteiger partial charge >= 0.3 is 0 Å². The van der Waals surface area contributed by atoms with Crippen molar-refractivity contribution in [2.75, 3.05) is 5.32 Å². The van der Waals surface area contributed by atoms with Gasteiger partial charge in [-0.05, 0) is 25.2 Å². The smallest absolute Gasteiger partial charge is 0.217 e. The molecule has 4 heteroatoms. The van der Waals surface area contributed by atoms with Crippen LogP contribution in [-0.4, -0.2) is 16.0 Å². The highest BCUT2D eigenvalue weighted by Gasteiger charge is 2.22. The summed E-state index contributed by atoms with van der Waals surface area (Å²) in [5, 5.41) is 3.35. The van der Waals surface area contributed by atoms with Gasteiger partial charge in [-0.3, -0.25) is 0 Å². The Balaban J connectivity index is 1.98. The molecule has 0 aromatic carbocycles. The van der Waals surface area contributed by atoms with E-state index in [-0.39, 0.29) is 0 Å². The van der Waals surface area contributed by atoms with Crippen molar-refractivity contribution < 1.29 is 4.39 Å². The zero-order valence-electron chi connectivity index (χ0n) is 10.3. The van der Waals surface area contributed by atoms with Crippen LogP contribution < -0.4 is 5.32 Å². The van der Waals surface area contributed by atoms with Crippen LogP contribution in [0.15, 0.2) is 12.4 Å². The minimum absolute atomic E-state index is 0.407. The van der Waals surface area contributed by atoms with Gasteiger partial charge in [0, 0.05) is 12.1 Å². The average molecular weight is 237 g/mol. The Morgan fingerprint density at radius 2 is 2.12 bits per heavy atom. The molecule has 0 saturated heterocycles. The Bertz CT molecular complexity index is 350. The van der Waals surface area contributed by atoms with Crippen molar-refractivity contribution in [3.63, 3.8) is 0 Å². The second kappa shape index (κ2) is 5.94. The normalized spacial score (nSPS) is 18.9. The highest BCUT2D eigenvalue weighted by atomic mass is 19.1. The van der Waals surface area contributed by atoms with Crippen LogP contribution in [0, 0.1) is 11.9 Å². The number of hydrogen-bond donors (Lipinski definition) is 1. The summed E-state index contributed by atoms with van der Waals surface area (Å²) >= 11 is 0. The molecule has 1 aromatic rings. The van der Waals surface area contributed by atoms with Gasteiger partial charge in [-0.2, -0.15) is 4.39 Å². The van der Waals surface area contributed by atoms with Gasteiger partial charge in [-0.1, -0.05) is 26.2 Å². The molecule has 0 spiro atoms. The summed E-state index contributed by atoms with van der Waals surface area (Å²) in [4.78, 5) is 7.53. The van der Waals surface area contributed by atoms with E-state index in [0.717, 1.165) is 6.42 Å². The summed E-state index contributed by atoms with van der Waals surface area (Å²) < 4.78 is 13.0. The van der Waals surface area contributed by atoms with Crippen molar-refractivity contribution in [2.45, 2.75) is 51.5 Å². The van der Waals surface area contributed by atoms with E-state index in [4.69, 9.17) is 0 Å². The lowest BCUT2D eigenvalue weighted by atomic mass is 9.83. The van der Waals surface area contributed by atoms with Crippen molar-refractivity contribution in [3.05, 3.63) is 18.3 Å². The quantitative estimate of drug-likeness (QED) is 0.816. The van der Waals surface area contributed by atoms with E-state index < -0.39 is 5.95 Å². The second-order valence-electron chi connectivity index (χ2n) is 4.78. The Labute approximate surface area is 102 Å². The molecular weight excluding hydrogens is 217 g/mol. The summed E-state index contributed by atoms with van der Waals surface area (Å²) in [6.45, 7) is 2.17. The molecule has 17 heavy (non-hydrogen) atoms. The van der Waals surface area contributed by atoms with Crippen LogP contribution in [0.25, 0.3) is 0 Å². The van der Waals surface area contributed by atoms with Crippen LogP contribution in [-0.2, 0) is 0 Å². The molecule has 0 radical (unpaired) electrons. The molecule has 0 bridgehead atoms. The molecule has 1 N–H and O–H groups in total. The van der Waals surface area contributed by atoms with Crippen molar-refractivity contribution in [1.29, 1.82) is 0 Å². The first-order chi connectivity index (χ1) is 8.29. The molecule has 1 atom stereocenters. The first kappa shape index (κ1) is 12.3. The summed E-state index contributed by atoms with van der Waals surface area (Å²) in [5.41, 5.74) is 0. The highest BCUT2D eigenvalue weighted by molar-refractivity contribution is 5.33. The van der Waals surface area contributed by atoms with Gasteiger partial charge in [0.2, 0.25) is 5.95 Å². The molecule has 0 aliphatic heterocycles. The Kier molecular flexibility index (Phi) is 4.29. The molecule has 1 fully saturated rings. The summed E-state index contributed by atoms with van der Waals surface area (Å²) in [5.74, 6) is 0.836. The molecule has 1 aliphatic rings. The van der Waals surface area contributed by atoms with Gasteiger partial charge in [0.25, 0.3) is 0 Å². The average Bonchev–Trinajstić information content (AvgIpc) is 2.37. The van der Waals surface area contributed by atoms with Crippen molar-refractivity contribution >= 4 is 5.82 Å². The molecule has 1 aliphatic carbocycles.